The molecule has 2 rings (SSSR count). The summed E-state index contributed by atoms with van der Waals surface area (Å²) in [5, 5.41) is 9.00. The molecule has 1 aliphatic rings. The molecule has 1 fully saturated rings. The van der Waals surface area contributed by atoms with Gasteiger partial charge in [0.2, 0.25) is 5.69 Å². The Balaban J connectivity index is 2.29. The maximum atomic E-state index is 9.00. The molecule has 15 heavy (non-hydrogen) atoms. The van der Waals surface area contributed by atoms with Crippen LogP contribution in [0.1, 0.15) is 24.1 Å². The lowest BCUT2D eigenvalue weighted by molar-refractivity contribution is 0.659. The maximum absolute atomic E-state index is 9.00. The van der Waals surface area contributed by atoms with Crippen molar-refractivity contribution in [2.45, 2.75) is 26.2 Å². The zero-order chi connectivity index (χ0) is 10.9. The highest BCUT2D eigenvalue weighted by Crippen LogP contribution is 2.48. The predicted octanol–water partition coefficient (Wildman–Crippen LogP) is 2.79. The van der Waals surface area contributed by atoms with Crippen LogP contribution in [0, 0.1) is 30.2 Å². The fourth-order valence-electron chi connectivity index (χ4n) is 1.65. The second kappa shape index (κ2) is 3.37. The molecule has 74 valence electrons. The Hall–Kier alpha value is -1.87. The largest absolute Gasteiger partial charge is 0.273 e. The van der Waals surface area contributed by atoms with Crippen molar-refractivity contribution in [2.75, 3.05) is 0 Å². The van der Waals surface area contributed by atoms with Gasteiger partial charge in [-0.3, -0.25) is 4.98 Å². The van der Waals surface area contributed by atoms with Crippen LogP contribution in [0.4, 0.5) is 5.69 Å². The van der Waals surface area contributed by atoms with Gasteiger partial charge in [0.15, 0.2) is 0 Å². The van der Waals surface area contributed by atoms with Crippen LogP contribution in [0.15, 0.2) is 12.3 Å². The highest BCUT2D eigenvalue weighted by Gasteiger charge is 2.43. The average Bonchev–Trinajstić information content (AvgIpc) is 3.02. The molecule has 0 amide bonds. The summed E-state index contributed by atoms with van der Waals surface area (Å²) in [5.74, 6) is 0. The summed E-state index contributed by atoms with van der Waals surface area (Å²) in [5.41, 5.74) is 2.38. The molecule has 0 bridgehead atoms. The van der Waals surface area contributed by atoms with Crippen molar-refractivity contribution in [3.8, 4) is 6.07 Å². The summed E-state index contributed by atoms with van der Waals surface area (Å²) in [6.45, 7) is 8.85. The van der Waals surface area contributed by atoms with Crippen LogP contribution < -0.4 is 0 Å². The predicted molar refractivity (Wildman–Crippen MR) is 56.2 cm³/mol. The summed E-state index contributed by atoms with van der Waals surface area (Å²) in [7, 11) is 0. The molecule has 0 spiro atoms. The number of rotatable bonds is 2. The van der Waals surface area contributed by atoms with Gasteiger partial charge in [-0.15, -0.1) is 0 Å². The lowest BCUT2D eigenvalue weighted by Crippen LogP contribution is -2.03. The molecule has 0 saturated heterocycles. The first-order valence-corrected chi connectivity index (χ1v) is 4.93. The van der Waals surface area contributed by atoms with Crippen molar-refractivity contribution < 1.29 is 0 Å². The molecule has 0 aliphatic heterocycles. The normalized spacial score (nSPS) is 16.5. The Bertz CT molecular complexity index is 473. The van der Waals surface area contributed by atoms with E-state index in [0.717, 1.165) is 30.5 Å². The van der Waals surface area contributed by atoms with Crippen LogP contribution in [0.5, 0.6) is 0 Å². The molecule has 1 aromatic heterocycles. The lowest BCUT2D eigenvalue weighted by atomic mass is 9.97. The summed E-state index contributed by atoms with van der Waals surface area (Å²) in [6, 6.07) is 4.21. The summed E-state index contributed by atoms with van der Waals surface area (Å²) >= 11 is 0. The van der Waals surface area contributed by atoms with Gasteiger partial charge < -0.3 is 0 Å². The highest BCUT2D eigenvalue weighted by atomic mass is 14.7. The van der Waals surface area contributed by atoms with Crippen molar-refractivity contribution in [3.05, 3.63) is 34.9 Å². The lowest BCUT2D eigenvalue weighted by Gasteiger charge is -2.08. The fourth-order valence-corrected chi connectivity index (χ4v) is 1.65. The van der Waals surface area contributed by atoms with Crippen molar-refractivity contribution in [2.24, 2.45) is 5.41 Å². The van der Waals surface area contributed by atoms with E-state index in [1.54, 1.807) is 6.20 Å². The monoisotopic (exact) mass is 197 g/mol. The number of hydrogen-bond acceptors (Lipinski definition) is 2. The van der Waals surface area contributed by atoms with E-state index in [2.05, 4.69) is 15.9 Å². The van der Waals surface area contributed by atoms with Gasteiger partial charge in [0.1, 0.15) is 0 Å². The van der Waals surface area contributed by atoms with E-state index in [1.807, 2.05) is 13.0 Å². The van der Waals surface area contributed by atoms with Crippen LogP contribution >= 0.6 is 0 Å². The van der Waals surface area contributed by atoms with E-state index in [4.69, 9.17) is 11.8 Å². The number of aromatic nitrogens is 1. The third kappa shape index (κ3) is 1.82. The van der Waals surface area contributed by atoms with Crippen molar-refractivity contribution >= 4 is 5.69 Å². The van der Waals surface area contributed by atoms with E-state index < -0.39 is 0 Å². The number of nitrogens with zero attached hydrogens (tertiary/aromatic N) is 3. The highest BCUT2D eigenvalue weighted by molar-refractivity contribution is 5.46. The average molecular weight is 197 g/mol. The van der Waals surface area contributed by atoms with Crippen molar-refractivity contribution in [3.63, 3.8) is 0 Å². The smallest absolute Gasteiger partial charge is 0.205 e. The molecule has 0 radical (unpaired) electrons. The summed E-state index contributed by atoms with van der Waals surface area (Å²) < 4.78 is 0. The molecule has 0 atom stereocenters. The SMILES string of the molecule is [C-]#[N+]c1cnc(C)c(CC2(C#N)CC2)c1. The van der Waals surface area contributed by atoms with Crippen molar-refractivity contribution in [1.29, 1.82) is 5.26 Å². The van der Waals surface area contributed by atoms with Gasteiger partial charge in [0.25, 0.3) is 0 Å². The van der Waals surface area contributed by atoms with E-state index in [1.165, 1.54) is 0 Å². The van der Waals surface area contributed by atoms with E-state index in [9.17, 15) is 0 Å². The zero-order valence-electron chi connectivity index (χ0n) is 8.62. The number of nitriles is 1. The van der Waals surface area contributed by atoms with Crippen LogP contribution in [-0.2, 0) is 6.42 Å². The van der Waals surface area contributed by atoms with Crippen LogP contribution in [-0.4, -0.2) is 4.98 Å². The summed E-state index contributed by atoms with van der Waals surface area (Å²) in [4.78, 5) is 7.53. The Morgan fingerprint density at radius 3 is 2.93 bits per heavy atom. The Labute approximate surface area is 89.2 Å². The number of pyridine rings is 1. The first-order valence-electron chi connectivity index (χ1n) is 4.93. The summed E-state index contributed by atoms with van der Waals surface area (Å²) in [6.07, 6.45) is 4.28. The number of hydrogen-bond donors (Lipinski definition) is 0. The van der Waals surface area contributed by atoms with Crippen LogP contribution in [0.2, 0.25) is 0 Å². The molecule has 0 N–H and O–H groups in total. The molecule has 0 unspecified atom stereocenters. The fraction of sp³-hybridized carbons (Fsp3) is 0.417. The Kier molecular flexibility index (Phi) is 2.17. The van der Waals surface area contributed by atoms with Gasteiger partial charge >= 0.3 is 0 Å². The number of aryl methyl sites for hydroxylation is 1. The van der Waals surface area contributed by atoms with Gasteiger partial charge in [-0.1, -0.05) is 0 Å². The van der Waals surface area contributed by atoms with E-state index in [-0.39, 0.29) is 5.41 Å². The van der Waals surface area contributed by atoms with Crippen LogP contribution in [0.3, 0.4) is 0 Å². The zero-order valence-corrected chi connectivity index (χ0v) is 8.62. The molecule has 1 heterocycles. The van der Waals surface area contributed by atoms with Gasteiger partial charge in [-0.2, -0.15) is 5.26 Å². The minimum atomic E-state index is -0.160. The van der Waals surface area contributed by atoms with E-state index >= 15 is 0 Å². The first-order chi connectivity index (χ1) is 7.19. The maximum Gasteiger partial charge on any atom is 0.205 e. The van der Waals surface area contributed by atoms with Crippen LogP contribution in [0.25, 0.3) is 4.85 Å². The molecule has 3 nitrogen and oxygen atoms in total. The van der Waals surface area contributed by atoms with Gasteiger partial charge in [-0.05, 0) is 37.8 Å². The minimum Gasteiger partial charge on any atom is -0.273 e. The Morgan fingerprint density at radius 2 is 2.40 bits per heavy atom. The topological polar surface area (TPSA) is 41.0 Å². The van der Waals surface area contributed by atoms with Crippen molar-refractivity contribution in [1.82, 2.24) is 4.98 Å². The molecule has 3 heteroatoms. The Morgan fingerprint density at radius 1 is 1.67 bits per heavy atom. The molecule has 1 aliphatic carbocycles. The standard InChI is InChI=1S/C12H11N3/c1-9-10(5-11(14-2)7-15-9)6-12(8-13)3-4-12/h5,7H,3-4,6H2,1H3. The first kappa shape index (κ1) is 9.68. The minimum absolute atomic E-state index is 0.160. The molecule has 1 saturated carbocycles. The van der Waals surface area contributed by atoms with Gasteiger partial charge in [0.05, 0.1) is 18.1 Å². The third-order valence-corrected chi connectivity index (χ3v) is 2.93. The van der Waals surface area contributed by atoms with Gasteiger partial charge in [0, 0.05) is 11.9 Å². The molecular weight excluding hydrogens is 186 g/mol. The van der Waals surface area contributed by atoms with Gasteiger partial charge in [-0.25, -0.2) is 4.85 Å². The molecule has 0 aromatic carbocycles. The third-order valence-electron chi connectivity index (χ3n) is 2.93. The second-order valence-electron chi connectivity index (χ2n) is 4.12. The quantitative estimate of drug-likeness (QED) is 0.684. The van der Waals surface area contributed by atoms with E-state index in [0.29, 0.717) is 5.69 Å². The molecule has 1 aromatic rings. The molecular formula is C12H11N3. The second-order valence-corrected chi connectivity index (χ2v) is 4.12.